The summed E-state index contributed by atoms with van der Waals surface area (Å²) >= 11 is 6.00. The van der Waals surface area contributed by atoms with Crippen LogP contribution in [0.2, 0.25) is 5.02 Å². The number of anilines is 1. The molecule has 0 aliphatic heterocycles. The van der Waals surface area contributed by atoms with Crippen molar-refractivity contribution in [2.75, 3.05) is 5.43 Å². The quantitative estimate of drug-likeness (QED) is 0.654. The fraction of sp³-hybridized carbons (Fsp3) is 0.0588. The standard InChI is InChI=1S/C17H11ClF3N3O2/c1-8-14(16(24-26-8)15-10(18)3-2-4-11(15)20)17(25)23-22-13-6-5-9(19)7-12(13)21/h2-7,22H,1H3,(H,23,25). The molecule has 0 unspecified atom stereocenters. The summed E-state index contributed by atoms with van der Waals surface area (Å²) in [5, 5.41) is 3.75. The predicted octanol–water partition coefficient (Wildman–Crippen LogP) is 4.48. The van der Waals surface area contributed by atoms with Gasteiger partial charge in [-0.2, -0.15) is 0 Å². The maximum absolute atomic E-state index is 14.1. The average molecular weight is 382 g/mol. The van der Waals surface area contributed by atoms with Crippen molar-refractivity contribution in [3.63, 3.8) is 0 Å². The van der Waals surface area contributed by atoms with Crippen LogP contribution in [0, 0.1) is 24.4 Å². The number of carbonyl (C=O) groups excluding carboxylic acids is 1. The van der Waals surface area contributed by atoms with Gasteiger partial charge in [0.1, 0.15) is 28.7 Å². The summed E-state index contributed by atoms with van der Waals surface area (Å²) in [5.41, 5.74) is 4.14. The van der Waals surface area contributed by atoms with Crippen molar-refractivity contribution in [2.24, 2.45) is 0 Å². The molecule has 1 heterocycles. The Labute approximate surface area is 150 Å². The summed E-state index contributed by atoms with van der Waals surface area (Å²) in [6.45, 7) is 1.46. The van der Waals surface area contributed by atoms with Gasteiger partial charge in [0.25, 0.3) is 5.91 Å². The van der Waals surface area contributed by atoms with Gasteiger partial charge in [-0.05, 0) is 31.2 Å². The van der Waals surface area contributed by atoms with Gasteiger partial charge in [0.05, 0.1) is 16.3 Å². The Balaban J connectivity index is 1.90. The molecule has 0 fully saturated rings. The molecule has 0 saturated heterocycles. The number of aromatic nitrogens is 1. The summed E-state index contributed by atoms with van der Waals surface area (Å²) in [6, 6.07) is 6.81. The molecular weight excluding hydrogens is 371 g/mol. The SMILES string of the molecule is Cc1onc(-c2c(F)cccc2Cl)c1C(=O)NNc1ccc(F)cc1F. The number of amides is 1. The van der Waals surface area contributed by atoms with E-state index < -0.39 is 23.4 Å². The van der Waals surface area contributed by atoms with Crippen LogP contribution in [-0.4, -0.2) is 11.1 Å². The monoisotopic (exact) mass is 381 g/mol. The minimum absolute atomic E-state index is 0.0462. The Kier molecular flexibility index (Phi) is 4.85. The van der Waals surface area contributed by atoms with Gasteiger partial charge in [0.15, 0.2) is 5.82 Å². The molecule has 0 spiro atoms. The Hall–Kier alpha value is -3.00. The van der Waals surface area contributed by atoms with Crippen LogP contribution in [0.15, 0.2) is 40.9 Å². The lowest BCUT2D eigenvalue weighted by molar-refractivity contribution is 0.0961. The van der Waals surface area contributed by atoms with Crippen molar-refractivity contribution >= 4 is 23.2 Å². The van der Waals surface area contributed by atoms with Crippen LogP contribution in [0.3, 0.4) is 0 Å². The third kappa shape index (κ3) is 3.36. The zero-order valence-corrected chi connectivity index (χ0v) is 14.0. The van der Waals surface area contributed by atoms with Gasteiger partial charge >= 0.3 is 0 Å². The Morgan fingerprint density at radius 2 is 1.92 bits per heavy atom. The van der Waals surface area contributed by atoms with Gasteiger partial charge in [-0.3, -0.25) is 15.6 Å². The van der Waals surface area contributed by atoms with E-state index in [9.17, 15) is 18.0 Å². The van der Waals surface area contributed by atoms with Crippen molar-refractivity contribution < 1.29 is 22.5 Å². The van der Waals surface area contributed by atoms with E-state index in [2.05, 4.69) is 16.0 Å². The largest absolute Gasteiger partial charge is 0.360 e. The number of carbonyl (C=O) groups is 1. The van der Waals surface area contributed by atoms with E-state index in [0.717, 1.165) is 12.1 Å². The number of benzene rings is 2. The van der Waals surface area contributed by atoms with E-state index in [4.69, 9.17) is 16.1 Å². The van der Waals surface area contributed by atoms with Gasteiger partial charge < -0.3 is 4.52 Å². The van der Waals surface area contributed by atoms with Crippen LogP contribution < -0.4 is 10.9 Å². The van der Waals surface area contributed by atoms with Crippen LogP contribution in [-0.2, 0) is 0 Å². The van der Waals surface area contributed by atoms with E-state index in [-0.39, 0.29) is 33.3 Å². The van der Waals surface area contributed by atoms with Gasteiger partial charge in [0.2, 0.25) is 0 Å². The number of hydrogen-bond acceptors (Lipinski definition) is 4. The maximum atomic E-state index is 14.1. The molecule has 3 aromatic rings. The van der Waals surface area contributed by atoms with E-state index in [1.165, 1.54) is 25.1 Å². The number of hydrogen-bond donors (Lipinski definition) is 2. The van der Waals surface area contributed by atoms with Crippen molar-refractivity contribution in [3.05, 3.63) is 70.2 Å². The van der Waals surface area contributed by atoms with E-state index >= 15 is 0 Å². The smallest absolute Gasteiger partial charge is 0.275 e. The first kappa shape index (κ1) is 17.8. The highest BCUT2D eigenvalue weighted by Gasteiger charge is 2.25. The molecule has 0 atom stereocenters. The highest BCUT2D eigenvalue weighted by Crippen LogP contribution is 2.33. The van der Waals surface area contributed by atoms with E-state index in [0.29, 0.717) is 6.07 Å². The third-order valence-corrected chi connectivity index (χ3v) is 3.85. The Morgan fingerprint density at radius 3 is 2.62 bits per heavy atom. The first-order valence-electron chi connectivity index (χ1n) is 7.30. The minimum Gasteiger partial charge on any atom is -0.360 e. The summed E-state index contributed by atoms with van der Waals surface area (Å²) < 4.78 is 45.7. The zero-order chi connectivity index (χ0) is 18.8. The van der Waals surface area contributed by atoms with Crippen molar-refractivity contribution in [2.45, 2.75) is 6.92 Å². The van der Waals surface area contributed by atoms with Crippen molar-refractivity contribution in [3.8, 4) is 11.3 Å². The lowest BCUT2D eigenvalue weighted by Crippen LogP contribution is -2.30. The number of rotatable bonds is 4. The lowest BCUT2D eigenvalue weighted by Gasteiger charge is -2.10. The number of nitrogens with zero attached hydrogens (tertiary/aromatic N) is 1. The molecule has 0 saturated carbocycles. The average Bonchev–Trinajstić information content (AvgIpc) is 2.95. The summed E-state index contributed by atoms with van der Waals surface area (Å²) in [7, 11) is 0. The third-order valence-electron chi connectivity index (χ3n) is 3.53. The number of halogens is 4. The van der Waals surface area contributed by atoms with Gasteiger partial charge in [-0.25, -0.2) is 13.2 Å². The maximum Gasteiger partial charge on any atom is 0.275 e. The van der Waals surface area contributed by atoms with E-state index in [1.807, 2.05) is 0 Å². The van der Waals surface area contributed by atoms with Gasteiger partial charge in [-0.15, -0.1) is 0 Å². The first-order valence-corrected chi connectivity index (χ1v) is 7.68. The van der Waals surface area contributed by atoms with Crippen LogP contribution in [0.4, 0.5) is 18.9 Å². The second-order valence-corrected chi connectivity index (χ2v) is 5.67. The molecule has 0 aliphatic carbocycles. The van der Waals surface area contributed by atoms with Crippen LogP contribution in [0.1, 0.15) is 16.1 Å². The van der Waals surface area contributed by atoms with Crippen LogP contribution >= 0.6 is 11.6 Å². The summed E-state index contributed by atoms with van der Waals surface area (Å²) in [6.07, 6.45) is 0. The highest BCUT2D eigenvalue weighted by atomic mass is 35.5. The summed E-state index contributed by atoms with van der Waals surface area (Å²) in [5.74, 6) is -2.99. The normalized spacial score (nSPS) is 10.7. The second-order valence-electron chi connectivity index (χ2n) is 5.26. The zero-order valence-electron chi connectivity index (χ0n) is 13.2. The predicted molar refractivity (Wildman–Crippen MR) is 89.1 cm³/mol. The molecule has 1 amide bonds. The molecule has 0 bridgehead atoms. The molecule has 26 heavy (non-hydrogen) atoms. The molecule has 1 aromatic heterocycles. The highest BCUT2D eigenvalue weighted by molar-refractivity contribution is 6.33. The topological polar surface area (TPSA) is 67.2 Å². The Bertz CT molecular complexity index is 971. The minimum atomic E-state index is -0.898. The first-order chi connectivity index (χ1) is 12.4. The van der Waals surface area contributed by atoms with E-state index in [1.54, 1.807) is 0 Å². The molecule has 0 radical (unpaired) electrons. The molecule has 134 valence electrons. The van der Waals surface area contributed by atoms with Crippen molar-refractivity contribution in [1.29, 1.82) is 0 Å². The Morgan fingerprint density at radius 1 is 1.15 bits per heavy atom. The molecular formula is C17H11ClF3N3O2. The molecule has 5 nitrogen and oxygen atoms in total. The second kappa shape index (κ2) is 7.09. The van der Waals surface area contributed by atoms with Crippen LogP contribution in [0.5, 0.6) is 0 Å². The summed E-state index contributed by atoms with van der Waals surface area (Å²) in [4.78, 5) is 12.5. The number of aryl methyl sites for hydroxylation is 1. The molecule has 2 N–H and O–H groups in total. The molecule has 9 heteroatoms. The van der Waals surface area contributed by atoms with Crippen LogP contribution in [0.25, 0.3) is 11.3 Å². The molecule has 3 rings (SSSR count). The fourth-order valence-electron chi connectivity index (χ4n) is 2.31. The van der Waals surface area contributed by atoms with Crippen molar-refractivity contribution in [1.82, 2.24) is 10.6 Å². The molecule has 0 aliphatic rings. The molecule has 2 aromatic carbocycles. The fourth-order valence-corrected chi connectivity index (χ4v) is 2.56. The van der Waals surface area contributed by atoms with Gasteiger partial charge in [0, 0.05) is 6.07 Å². The number of hydrazine groups is 1. The number of nitrogens with one attached hydrogen (secondary N) is 2. The van der Waals surface area contributed by atoms with Gasteiger partial charge in [-0.1, -0.05) is 22.8 Å². The lowest BCUT2D eigenvalue weighted by atomic mass is 10.1.